The van der Waals surface area contributed by atoms with Gasteiger partial charge in [-0.3, -0.25) is 9.48 Å². The number of carbonyl (C=O) groups excluding carboxylic acids is 1. The van der Waals surface area contributed by atoms with Crippen LogP contribution in [-0.4, -0.2) is 64.2 Å². The highest BCUT2D eigenvalue weighted by Gasteiger charge is 2.39. The second-order valence-electron chi connectivity index (χ2n) is 6.80. The minimum atomic E-state index is -0.337. The summed E-state index contributed by atoms with van der Waals surface area (Å²) in [7, 11) is 1.86. The molecule has 24 heavy (non-hydrogen) atoms. The van der Waals surface area contributed by atoms with Gasteiger partial charge < -0.3 is 19.5 Å². The number of amides is 1. The SMILES string of the molecule is Cc1nn(C)c(C)c1OCC(=O)N1CCOC[C@@H]1[C@H]1CCC[C@@H]1O. The van der Waals surface area contributed by atoms with Crippen LogP contribution in [0.1, 0.15) is 30.7 Å². The third-order valence-electron chi connectivity index (χ3n) is 5.29. The van der Waals surface area contributed by atoms with E-state index in [2.05, 4.69) is 5.10 Å². The Kier molecular flexibility index (Phi) is 5.10. The van der Waals surface area contributed by atoms with E-state index in [1.54, 1.807) is 4.68 Å². The van der Waals surface area contributed by atoms with Crippen LogP contribution in [0.2, 0.25) is 0 Å². The van der Waals surface area contributed by atoms with E-state index in [9.17, 15) is 9.90 Å². The largest absolute Gasteiger partial charge is 0.480 e. The number of aliphatic hydroxyl groups is 1. The third-order valence-corrected chi connectivity index (χ3v) is 5.29. The second-order valence-corrected chi connectivity index (χ2v) is 6.80. The van der Waals surface area contributed by atoms with Crippen molar-refractivity contribution in [2.45, 2.75) is 45.3 Å². The molecule has 0 spiro atoms. The van der Waals surface area contributed by atoms with Crippen LogP contribution >= 0.6 is 0 Å². The quantitative estimate of drug-likeness (QED) is 0.880. The van der Waals surface area contributed by atoms with Gasteiger partial charge in [-0.05, 0) is 26.7 Å². The molecule has 1 aliphatic heterocycles. The number of hydrogen-bond acceptors (Lipinski definition) is 5. The molecule has 3 rings (SSSR count). The molecular formula is C17H27N3O4. The Labute approximate surface area is 142 Å². The van der Waals surface area contributed by atoms with Gasteiger partial charge in [0.25, 0.3) is 5.91 Å². The van der Waals surface area contributed by atoms with E-state index in [0.29, 0.717) is 25.5 Å². The van der Waals surface area contributed by atoms with Crippen LogP contribution in [0.5, 0.6) is 5.75 Å². The number of rotatable bonds is 4. The van der Waals surface area contributed by atoms with E-state index in [0.717, 1.165) is 30.7 Å². The summed E-state index contributed by atoms with van der Waals surface area (Å²) in [5.74, 6) is 0.734. The molecule has 1 aromatic rings. The monoisotopic (exact) mass is 337 g/mol. The van der Waals surface area contributed by atoms with Crippen molar-refractivity contribution in [3.05, 3.63) is 11.4 Å². The number of ether oxygens (including phenoxy) is 2. The maximum Gasteiger partial charge on any atom is 0.260 e. The van der Waals surface area contributed by atoms with Crippen LogP contribution in [0.25, 0.3) is 0 Å². The summed E-state index contributed by atoms with van der Waals surface area (Å²) < 4.78 is 13.1. The van der Waals surface area contributed by atoms with Gasteiger partial charge in [0.05, 0.1) is 31.1 Å². The van der Waals surface area contributed by atoms with Crippen molar-refractivity contribution in [3.63, 3.8) is 0 Å². The molecule has 1 aromatic heterocycles. The van der Waals surface area contributed by atoms with Gasteiger partial charge >= 0.3 is 0 Å². The molecule has 2 heterocycles. The smallest absolute Gasteiger partial charge is 0.260 e. The Morgan fingerprint density at radius 3 is 2.83 bits per heavy atom. The van der Waals surface area contributed by atoms with Gasteiger partial charge in [-0.25, -0.2) is 0 Å². The number of hydrogen-bond donors (Lipinski definition) is 1. The Morgan fingerprint density at radius 2 is 2.21 bits per heavy atom. The highest BCUT2D eigenvalue weighted by atomic mass is 16.5. The first-order valence-corrected chi connectivity index (χ1v) is 8.67. The van der Waals surface area contributed by atoms with Crippen molar-refractivity contribution < 1.29 is 19.4 Å². The molecule has 3 atom stereocenters. The van der Waals surface area contributed by atoms with Crippen LogP contribution in [0, 0.1) is 19.8 Å². The highest BCUT2D eigenvalue weighted by Crippen LogP contribution is 2.32. The second kappa shape index (κ2) is 7.11. The standard InChI is InChI=1S/C17H27N3O4/c1-11-17(12(2)19(3)18-11)24-10-16(22)20-7-8-23-9-14(20)13-5-4-6-15(13)21/h13-15,21H,4-10H2,1-3H3/t13-,14-,15+/m1/s1. The van der Waals surface area contributed by atoms with Gasteiger partial charge in [-0.2, -0.15) is 5.10 Å². The molecule has 2 aliphatic rings. The average molecular weight is 337 g/mol. The maximum atomic E-state index is 12.7. The summed E-state index contributed by atoms with van der Waals surface area (Å²) >= 11 is 0. The Morgan fingerprint density at radius 1 is 1.42 bits per heavy atom. The van der Waals surface area contributed by atoms with Gasteiger partial charge in [0.15, 0.2) is 12.4 Å². The zero-order chi connectivity index (χ0) is 17.3. The lowest BCUT2D eigenvalue weighted by atomic mass is 9.94. The number of nitrogens with zero attached hydrogens (tertiary/aromatic N) is 3. The molecule has 134 valence electrons. The van der Waals surface area contributed by atoms with Crippen molar-refractivity contribution in [1.82, 2.24) is 14.7 Å². The molecule has 1 aliphatic carbocycles. The number of aliphatic hydroxyl groups excluding tert-OH is 1. The first-order valence-electron chi connectivity index (χ1n) is 8.67. The molecule has 0 bridgehead atoms. The summed E-state index contributed by atoms with van der Waals surface area (Å²) in [6.07, 6.45) is 2.43. The average Bonchev–Trinajstić information content (AvgIpc) is 3.09. The molecule has 1 saturated heterocycles. The van der Waals surface area contributed by atoms with E-state index >= 15 is 0 Å². The van der Waals surface area contributed by atoms with E-state index < -0.39 is 0 Å². The van der Waals surface area contributed by atoms with E-state index in [-0.39, 0.29) is 30.6 Å². The number of aryl methyl sites for hydroxylation is 2. The van der Waals surface area contributed by atoms with E-state index in [1.807, 2.05) is 25.8 Å². The van der Waals surface area contributed by atoms with Crippen molar-refractivity contribution >= 4 is 5.91 Å². The van der Waals surface area contributed by atoms with Crippen LogP contribution in [-0.2, 0) is 16.6 Å². The number of morpholine rings is 1. The fourth-order valence-electron chi connectivity index (χ4n) is 3.89. The van der Waals surface area contributed by atoms with Gasteiger partial charge in [0.2, 0.25) is 0 Å². The van der Waals surface area contributed by atoms with Gasteiger partial charge in [0, 0.05) is 19.5 Å². The third kappa shape index (κ3) is 3.28. The van der Waals surface area contributed by atoms with Gasteiger partial charge in [0.1, 0.15) is 5.69 Å². The van der Waals surface area contributed by atoms with E-state index in [4.69, 9.17) is 9.47 Å². The van der Waals surface area contributed by atoms with Crippen LogP contribution in [0.4, 0.5) is 0 Å². The molecular weight excluding hydrogens is 310 g/mol. The molecule has 0 radical (unpaired) electrons. The predicted octanol–water partition coefficient (Wildman–Crippen LogP) is 0.804. The fraction of sp³-hybridized carbons (Fsp3) is 0.765. The fourth-order valence-corrected chi connectivity index (χ4v) is 3.89. The molecule has 2 fully saturated rings. The number of carbonyl (C=O) groups is 1. The Bertz CT molecular complexity index is 601. The van der Waals surface area contributed by atoms with Crippen LogP contribution in [0.15, 0.2) is 0 Å². The number of aromatic nitrogens is 2. The Balaban J connectivity index is 1.66. The summed E-state index contributed by atoms with van der Waals surface area (Å²) in [6.45, 7) is 5.38. The molecule has 0 unspecified atom stereocenters. The minimum absolute atomic E-state index is 0.00725. The van der Waals surface area contributed by atoms with Crippen LogP contribution < -0.4 is 4.74 Å². The summed E-state index contributed by atoms with van der Waals surface area (Å²) in [5, 5.41) is 14.5. The molecule has 0 aromatic carbocycles. The van der Waals surface area contributed by atoms with Crippen molar-refractivity contribution in [1.29, 1.82) is 0 Å². The summed E-state index contributed by atoms with van der Waals surface area (Å²) in [5.41, 5.74) is 1.69. The molecule has 7 heteroatoms. The molecule has 1 amide bonds. The lowest BCUT2D eigenvalue weighted by molar-refractivity contribution is -0.146. The van der Waals surface area contributed by atoms with Crippen molar-refractivity contribution in [2.24, 2.45) is 13.0 Å². The zero-order valence-electron chi connectivity index (χ0n) is 14.7. The van der Waals surface area contributed by atoms with Crippen LogP contribution in [0.3, 0.4) is 0 Å². The summed E-state index contributed by atoms with van der Waals surface area (Å²) in [4.78, 5) is 14.5. The minimum Gasteiger partial charge on any atom is -0.480 e. The maximum absolute atomic E-state index is 12.7. The summed E-state index contributed by atoms with van der Waals surface area (Å²) in [6, 6.07) is -0.0524. The lowest BCUT2D eigenvalue weighted by Crippen LogP contribution is -2.54. The lowest BCUT2D eigenvalue weighted by Gasteiger charge is -2.40. The Hall–Kier alpha value is -1.60. The van der Waals surface area contributed by atoms with Gasteiger partial charge in [-0.15, -0.1) is 0 Å². The molecule has 1 saturated carbocycles. The van der Waals surface area contributed by atoms with Crippen molar-refractivity contribution in [2.75, 3.05) is 26.4 Å². The first-order chi connectivity index (χ1) is 11.5. The predicted molar refractivity (Wildman–Crippen MR) is 87.8 cm³/mol. The zero-order valence-corrected chi connectivity index (χ0v) is 14.7. The highest BCUT2D eigenvalue weighted by molar-refractivity contribution is 5.78. The molecule has 1 N–H and O–H groups in total. The normalized spacial score (nSPS) is 27.5. The van der Waals surface area contributed by atoms with Gasteiger partial charge in [-0.1, -0.05) is 6.42 Å². The topological polar surface area (TPSA) is 76.8 Å². The first kappa shape index (κ1) is 17.2. The van der Waals surface area contributed by atoms with E-state index in [1.165, 1.54) is 0 Å². The molecule has 7 nitrogen and oxygen atoms in total. The van der Waals surface area contributed by atoms with Crippen molar-refractivity contribution in [3.8, 4) is 5.75 Å².